The van der Waals surface area contributed by atoms with Crippen LogP contribution in [0.2, 0.25) is 0 Å². The Morgan fingerprint density at radius 1 is 0.460 bits per heavy atom. The average molecular weight is 1590 g/mol. The van der Waals surface area contributed by atoms with Gasteiger partial charge in [-0.3, -0.25) is 24.9 Å². The van der Waals surface area contributed by atoms with Crippen LogP contribution in [0.1, 0.15) is 78.0 Å². The number of carboxylic acid groups (broad SMARTS) is 1. The number of carbonyl (C=O) groups is 1. The van der Waals surface area contributed by atoms with Crippen molar-refractivity contribution in [3.8, 4) is 33.4 Å². The number of hydrogen-bond acceptors (Lipinski definition) is 17. The zero-order valence-corrected chi connectivity index (χ0v) is 59.6. The maximum atomic E-state index is 16.0. The van der Waals surface area contributed by atoms with E-state index in [-0.39, 0.29) is 130 Å². The zero-order chi connectivity index (χ0) is 67.0. The van der Waals surface area contributed by atoms with E-state index in [4.69, 9.17) is 46.1 Å². The van der Waals surface area contributed by atoms with Crippen LogP contribution in [0.15, 0.2) is 247 Å². The van der Waals surface area contributed by atoms with E-state index in [1.165, 1.54) is 13.8 Å². The number of alkyl halides is 5. The third-order valence-electron chi connectivity index (χ3n) is 13.3. The molecule has 1 N–H and O–H groups in total. The molecule has 0 bridgehead atoms. The molecule has 0 aliphatic rings. The van der Waals surface area contributed by atoms with Gasteiger partial charge in [0.05, 0.1) is 5.34 Å². The van der Waals surface area contributed by atoms with Gasteiger partial charge in [-0.1, -0.05) is 109 Å². The summed E-state index contributed by atoms with van der Waals surface area (Å²) in [5, 5.41) is 77.6. The van der Waals surface area contributed by atoms with Gasteiger partial charge in [-0.25, -0.2) is 13.4 Å². The molecule has 6 aromatic heterocycles. The summed E-state index contributed by atoms with van der Waals surface area (Å²) in [6, 6.07) is 60.4. The molecule has 6 heterocycles. The molecule has 100 heavy (non-hydrogen) atoms. The molecule has 0 amide bonds. The number of halogens is 5. The van der Waals surface area contributed by atoms with Crippen molar-refractivity contribution in [1.82, 2.24) is 24.9 Å². The number of aliphatic carboxylic acids is 1. The van der Waals surface area contributed by atoms with Gasteiger partial charge >= 0.3 is 39.6 Å². The number of carboxylic acids is 1. The Bertz CT molecular complexity index is 3670. The van der Waals surface area contributed by atoms with Gasteiger partial charge in [0.25, 0.3) is 0 Å². The molecule has 2 radical (unpaired) electrons. The predicted molar refractivity (Wildman–Crippen MR) is 333 cm³/mol. The van der Waals surface area contributed by atoms with E-state index in [9.17, 15) is 23.4 Å². The second-order valence-corrected chi connectivity index (χ2v) is 21.7. The van der Waals surface area contributed by atoms with Crippen molar-refractivity contribution in [3.63, 3.8) is 0 Å². The molecular formula is C68H57Cl2F3Mn4N8O14S-8. The Hall–Kier alpha value is -7.73. The average Bonchev–Trinajstić information content (AvgIpc) is 0.749. The fraction of sp³-hybridized carbons (Fsp3) is 0.162. The van der Waals surface area contributed by atoms with Crippen molar-refractivity contribution >= 4 is 51.1 Å². The zero-order valence-electron chi connectivity index (χ0n) is 52.5. The van der Waals surface area contributed by atoms with E-state index in [0.29, 0.717) is 81.0 Å². The molecule has 22 nitrogen and oxygen atoms in total. The van der Waals surface area contributed by atoms with Crippen molar-refractivity contribution in [2.24, 2.45) is 9.98 Å². The smallest absolute Gasteiger partial charge is 2.00 e. The second-order valence-electron chi connectivity index (χ2n) is 19.5. The minimum atomic E-state index is -6.09. The van der Waals surface area contributed by atoms with E-state index < -0.39 is 38.4 Å². The van der Waals surface area contributed by atoms with Gasteiger partial charge in [0.1, 0.15) is 0 Å². The van der Waals surface area contributed by atoms with E-state index in [0.717, 1.165) is 6.92 Å². The number of aliphatic imine (C=N–C) groups is 2. The second kappa shape index (κ2) is 45.9. The first-order valence-electron chi connectivity index (χ1n) is 27.7. The van der Waals surface area contributed by atoms with Crippen LogP contribution >= 0.6 is 23.2 Å². The fourth-order valence-electron chi connectivity index (χ4n) is 9.47. The molecule has 32 heteroatoms. The van der Waals surface area contributed by atoms with Gasteiger partial charge in [0.2, 0.25) is 0 Å². The summed E-state index contributed by atoms with van der Waals surface area (Å²) in [6.45, 7) is 4.71. The third-order valence-corrected chi connectivity index (χ3v) is 13.8. The quantitative estimate of drug-likeness (QED) is 0.0200. The van der Waals surface area contributed by atoms with E-state index in [2.05, 4.69) is 39.9 Å². The summed E-state index contributed by atoms with van der Waals surface area (Å²) in [5.74, 6) is -1.43. The van der Waals surface area contributed by atoms with Gasteiger partial charge in [-0.2, -0.15) is 13.2 Å². The monoisotopic (exact) mass is 1590 g/mol. The van der Waals surface area contributed by atoms with Crippen LogP contribution in [0, 0.1) is 0 Å². The molecule has 0 aliphatic heterocycles. The first kappa shape index (κ1) is 96.4. The number of aromatic nitrogens is 6. The van der Waals surface area contributed by atoms with E-state index in [1.54, 1.807) is 128 Å². The molecule has 10 rings (SSSR count). The third kappa shape index (κ3) is 25.4. The Kier molecular flexibility index (Phi) is 44.3. The molecule has 0 saturated carbocycles. The normalized spacial score (nSPS) is 11.4. The number of hydrogen-bond donors (Lipinski definition) is 0. The predicted octanol–water partition coefficient (Wildman–Crippen LogP) is 6.11. The molecular weight excluding hydrogens is 1530 g/mol. The van der Waals surface area contributed by atoms with Crippen LogP contribution in [-0.4, -0.2) is 79.6 Å². The van der Waals surface area contributed by atoms with Gasteiger partial charge in [0, 0.05) is 142 Å². The standard InChI is InChI=1S/C57H39N6O3.C7H14N2O2.C2H4O2.CH2Cl2.CHF3O3S.4Mn.4O/c64-55(49-25-7-13-31-58-49,50-26-8-14-32-59-50)46-22-4-1-19-43(46)40-37-41(44-20-2-5-23-47(44)56(65,51-27-9-15-33-60-51)52-28-10-16-34-61-52)39-42(38-40)45-21-3-6-24-48(45)57(66,53-29-11-17-35-62-53)54-30-12-18-36-63-54;1-6(10)8-4-3-5-9-7(2)11;1-2(3)4;2-1-3;2-1(3,4)8(5,6)7;;;;;;;;/h1-39H;3-5H2,1-2H3,(H,8,10)(H,9,11);1H3,(H,3,4);1H2;(H,5,6,7);;;;;;;;/q-3;;;;;;;2*+3;4*-2/p-3. The maximum Gasteiger partial charge on any atom is 3.00 e. The largest absolute Gasteiger partial charge is 3.00 e. The van der Waals surface area contributed by atoms with Gasteiger partial charge in [-0.15, -0.1) is 23.2 Å². The topological polar surface area (TPSA) is 430 Å². The number of aromatic amines is 1. The Labute approximate surface area is 627 Å². The number of benzene rings is 4. The minimum absolute atomic E-state index is 0. The van der Waals surface area contributed by atoms with Crippen LogP contribution in [-0.2, 0) is 122 Å². The molecule has 10 aromatic rings. The summed E-state index contributed by atoms with van der Waals surface area (Å²) < 4.78 is 58.9. The summed E-state index contributed by atoms with van der Waals surface area (Å²) >= 11 is 9.53. The number of carbonyl (C=O) groups excluding carboxylic acids is 1. The van der Waals surface area contributed by atoms with Gasteiger partial charge in [-0.05, 0) is 168 Å². The number of rotatable bonds is 16. The number of pyridine rings is 6. The molecule has 0 saturated heterocycles. The van der Waals surface area contributed by atoms with Crippen molar-refractivity contribution in [2.45, 2.75) is 49.5 Å². The van der Waals surface area contributed by atoms with Crippen molar-refractivity contribution in [2.75, 3.05) is 18.4 Å². The van der Waals surface area contributed by atoms with E-state index >= 15 is 15.3 Å². The van der Waals surface area contributed by atoms with Crippen LogP contribution in [0.3, 0.4) is 0 Å². The molecule has 0 unspecified atom stereocenters. The summed E-state index contributed by atoms with van der Waals surface area (Å²) in [5.41, 5.74) is -4.88. The van der Waals surface area contributed by atoms with Crippen LogP contribution in [0.25, 0.3) is 33.4 Å². The van der Waals surface area contributed by atoms with E-state index in [1.807, 2.05) is 109 Å². The number of nitrogens with one attached hydrogen (secondary N) is 1. The molecule has 4 aromatic carbocycles. The first-order chi connectivity index (χ1) is 43.9. The van der Waals surface area contributed by atoms with Crippen molar-refractivity contribution in [1.29, 1.82) is 0 Å². The Morgan fingerprint density at radius 2 is 0.700 bits per heavy atom. The van der Waals surface area contributed by atoms with Gasteiger partial charge < -0.3 is 71.9 Å². The number of nitrogens with zero attached hydrogens (tertiary/aromatic N) is 7. The minimum Gasteiger partial charge on any atom is -2.00 e. The first-order valence-corrected chi connectivity index (χ1v) is 30.2. The van der Waals surface area contributed by atoms with Crippen LogP contribution in [0.4, 0.5) is 13.2 Å². The Balaban J connectivity index is -0.00000237. The SMILES string of the molecule is CC(=O)[O-].CC([O-])=NCCCN=C(C)[O-].ClCCl.O=S(=O)([O-])C(F)(F)F.[Mn+3].[Mn+3].[Mn].[Mn].[O-2].[O-2].[O-2].[O-2].[O-]C(c1ccccn1)(c1ccccn1)c1ccccc1-c1cc(-c2ccccc2C([O-])(c2ccccn2)c2ccccn2)cc(-c2ccccc2[C@@]([O-])(c2ccccn2)c2cccc[nH+]2)c1. The van der Waals surface area contributed by atoms with Gasteiger partial charge in [0.15, 0.2) is 22.0 Å². The molecule has 1 atom stereocenters. The molecule has 530 valence electrons. The summed E-state index contributed by atoms with van der Waals surface area (Å²) in [7, 11) is -6.09. The Morgan fingerprint density at radius 3 is 0.930 bits per heavy atom. The fourth-order valence-corrected chi connectivity index (χ4v) is 9.47. The maximum absolute atomic E-state index is 16.0. The van der Waals surface area contributed by atoms with Crippen LogP contribution in [0.5, 0.6) is 0 Å². The number of H-pyrrole nitrogens is 1. The van der Waals surface area contributed by atoms with Crippen LogP contribution < -0.4 is 35.6 Å². The molecule has 0 fully saturated rings. The summed E-state index contributed by atoms with van der Waals surface area (Å²) in [4.78, 5) is 42.4. The molecule has 0 spiro atoms. The summed E-state index contributed by atoms with van der Waals surface area (Å²) in [6.07, 6.45) is 10.5. The van der Waals surface area contributed by atoms with Crippen molar-refractivity contribution in [3.05, 3.63) is 288 Å². The van der Waals surface area contributed by atoms with Crippen molar-refractivity contribution < 1.29 is 157 Å². The molecule has 0 aliphatic carbocycles.